The van der Waals surface area contributed by atoms with Crippen LogP contribution in [0.25, 0.3) is 0 Å². The molecule has 0 fully saturated rings. The topological polar surface area (TPSA) is 46.2 Å². The average Bonchev–Trinajstić information content (AvgIpc) is 2.37. The SMILES string of the molecule is CCS(=O)(=O)CCC(CNC(C)(C)C)c1cccc(Cl)c1. The van der Waals surface area contributed by atoms with Crippen LogP contribution in [0.1, 0.15) is 45.6 Å². The highest BCUT2D eigenvalue weighted by molar-refractivity contribution is 7.91. The lowest BCUT2D eigenvalue weighted by molar-refractivity contribution is 0.403. The number of hydrogen-bond donors (Lipinski definition) is 1. The van der Waals surface area contributed by atoms with E-state index < -0.39 is 9.84 Å². The van der Waals surface area contributed by atoms with Crippen molar-refractivity contribution in [1.82, 2.24) is 5.32 Å². The zero-order valence-corrected chi connectivity index (χ0v) is 14.9. The molecule has 1 atom stereocenters. The van der Waals surface area contributed by atoms with Crippen LogP contribution < -0.4 is 5.32 Å². The summed E-state index contributed by atoms with van der Waals surface area (Å²) < 4.78 is 23.5. The summed E-state index contributed by atoms with van der Waals surface area (Å²) in [5.41, 5.74) is 1.09. The van der Waals surface area contributed by atoms with Crippen molar-refractivity contribution >= 4 is 21.4 Å². The van der Waals surface area contributed by atoms with Gasteiger partial charge in [0, 0.05) is 22.9 Å². The van der Waals surface area contributed by atoms with E-state index in [4.69, 9.17) is 11.6 Å². The Kier molecular flexibility index (Phi) is 6.70. The molecule has 0 aromatic heterocycles. The number of sulfone groups is 1. The smallest absolute Gasteiger partial charge is 0.150 e. The molecule has 0 saturated carbocycles. The maximum absolute atomic E-state index is 11.8. The van der Waals surface area contributed by atoms with E-state index in [-0.39, 0.29) is 23.0 Å². The summed E-state index contributed by atoms with van der Waals surface area (Å²) in [5, 5.41) is 4.14. The van der Waals surface area contributed by atoms with Crippen LogP contribution in [0.5, 0.6) is 0 Å². The summed E-state index contributed by atoms with van der Waals surface area (Å²) >= 11 is 6.06. The van der Waals surface area contributed by atoms with Crippen LogP contribution in [-0.4, -0.2) is 32.0 Å². The standard InChI is InChI=1S/C16H26ClNO2S/c1-5-21(19,20)10-9-14(12-18-16(2,3)4)13-7-6-8-15(17)11-13/h6-8,11,14,18H,5,9-10,12H2,1-4H3. The third-order valence-corrected chi connectivity index (χ3v) is 5.39. The van der Waals surface area contributed by atoms with Gasteiger partial charge in [0.25, 0.3) is 0 Å². The molecule has 21 heavy (non-hydrogen) atoms. The van der Waals surface area contributed by atoms with Crippen molar-refractivity contribution in [2.75, 3.05) is 18.1 Å². The molecule has 1 N–H and O–H groups in total. The molecule has 1 aromatic carbocycles. The fraction of sp³-hybridized carbons (Fsp3) is 0.625. The van der Waals surface area contributed by atoms with Crippen molar-refractivity contribution in [3.63, 3.8) is 0 Å². The minimum Gasteiger partial charge on any atom is -0.311 e. The molecule has 0 bridgehead atoms. The first-order valence-electron chi connectivity index (χ1n) is 7.34. The van der Waals surface area contributed by atoms with Crippen molar-refractivity contribution < 1.29 is 8.42 Å². The monoisotopic (exact) mass is 331 g/mol. The fourth-order valence-corrected chi connectivity index (χ4v) is 3.17. The Bertz CT molecular complexity index is 550. The molecular formula is C16H26ClNO2S. The van der Waals surface area contributed by atoms with E-state index in [1.54, 1.807) is 6.92 Å². The normalized spacial score (nSPS) is 14.1. The molecule has 0 heterocycles. The third-order valence-electron chi connectivity index (χ3n) is 3.42. The minimum atomic E-state index is -2.95. The number of benzene rings is 1. The Labute approximate surface area is 134 Å². The second kappa shape index (κ2) is 7.61. The molecule has 5 heteroatoms. The minimum absolute atomic E-state index is 0.000453. The van der Waals surface area contributed by atoms with Crippen molar-refractivity contribution in [3.05, 3.63) is 34.9 Å². The van der Waals surface area contributed by atoms with Gasteiger partial charge in [-0.25, -0.2) is 8.42 Å². The molecule has 1 unspecified atom stereocenters. The van der Waals surface area contributed by atoms with E-state index in [1.165, 1.54) is 0 Å². The van der Waals surface area contributed by atoms with Crippen LogP contribution in [0.3, 0.4) is 0 Å². The van der Waals surface area contributed by atoms with E-state index in [2.05, 4.69) is 26.1 Å². The molecular weight excluding hydrogens is 306 g/mol. The molecule has 0 spiro atoms. The zero-order valence-electron chi connectivity index (χ0n) is 13.3. The summed E-state index contributed by atoms with van der Waals surface area (Å²) in [7, 11) is -2.95. The van der Waals surface area contributed by atoms with Gasteiger partial charge in [0.15, 0.2) is 0 Å². The summed E-state index contributed by atoms with van der Waals surface area (Å²) in [5.74, 6) is 0.554. The van der Waals surface area contributed by atoms with Gasteiger partial charge in [0.05, 0.1) is 5.75 Å². The van der Waals surface area contributed by atoms with Gasteiger partial charge in [0.2, 0.25) is 0 Å². The van der Waals surface area contributed by atoms with Crippen LogP contribution in [0.4, 0.5) is 0 Å². The summed E-state index contributed by atoms with van der Waals surface area (Å²) in [4.78, 5) is 0. The van der Waals surface area contributed by atoms with Gasteiger partial charge < -0.3 is 5.32 Å². The van der Waals surface area contributed by atoms with Crippen LogP contribution in [0.15, 0.2) is 24.3 Å². The van der Waals surface area contributed by atoms with Gasteiger partial charge in [-0.3, -0.25) is 0 Å². The van der Waals surface area contributed by atoms with Gasteiger partial charge in [-0.2, -0.15) is 0 Å². The van der Waals surface area contributed by atoms with Crippen molar-refractivity contribution in [3.8, 4) is 0 Å². The molecule has 0 aliphatic rings. The predicted molar refractivity (Wildman–Crippen MR) is 90.9 cm³/mol. The van der Waals surface area contributed by atoms with E-state index in [9.17, 15) is 8.42 Å². The Morgan fingerprint density at radius 3 is 2.48 bits per heavy atom. The van der Waals surface area contributed by atoms with Crippen LogP contribution in [-0.2, 0) is 9.84 Å². The first-order valence-corrected chi connectivity index (χ1v) is 9.54. The first-order chi connectivity index (χ1) is 9.63. The molecule has 1 aromatic rings. The Morgan fingerprint density at radius 1 is 1.29 bits per heavy atom. The van der Waals surface area contributed by atoms with Gasteiger partial charge in [-0.15, -0.1) is 0 Å². The number of nitrogens with one attached hydrogen (secondary N) is 1. The van der Waals surface area contributed by atoms with Crippen LogP contribution >= 0.6 is 11.6 Å². The van der Waals surface area contributed by atoms with Gasteiger partial charge >= 0.3 is 0 Å². The maximum atomic E-state index is 11.8. The highest BCUT2D eigenvalue weighted by Crippen LogP contribution is 2.23. The number of halogens is 1. The predicted octanol–water partition coefficient (Wildman–Crippen LogP) is 3.64. The maximum Gasteiger partial charge on any atom is 0.150 e. The second-order valence-corrected chi connectivity index (χ2v) is 9.32. The largest absolute Gasteiger partial charge is 0.311 e. The number of hydrogen-bond acceptors (Lipinski definition) is 3. The lowest BCUT2D eigenvalue weighted by Crippen LogP contribution is -2.39. The van der Waals surface area contributed by atoms with Crippen molar-refractivity contribution in [2.24, 2.45) is 0 Å². The zero-order chi connectivity index (χ0) is 16.1. The summed E-state index contributed by atoms with van der Waals surface area (Å²) in [6.45, 7) is 8.74. The lowest BCUT2D eigenvalue weighted by atomic mass is 9.95. The Hall–Kier alpha value is -0.580. The van der Waals surface area contributed by atoms with E-state index in [0.717, 1.165) is 12.1 Å². The third kappa shape index (κ3) is 7.30. The summed E-state index contributed by atoms with van der Waals surface area (Å²) in [6.07, 6.45) is 0.611. The average molecular weight is 332 g/mol. The molecule has 0 aliphatic heterocycles. The molecule has 0 aliphatic carbocycles. The van der Waals surface area contributed by atoms with Gasteiger partial charge in [0.1, 0.15) is 9.84 Å². The van der Waals surface area contributed by atoms with Gasteiger partial charge in [-0.05, 0) is 50.8 Å². The summed E-state index contributed by atoms with van der Waals surface area (Å²) in [6, 6.07) is 7.69. The first kappa shape index (κ1) is 18.5. The van der Waals surface area contributed by atoms with Crippen molar-refractivity contribution in [2.45, 2.75) is 45.6 Å². The molecule has 3 nitrogen and oxygen atoms in total. The fourth-order valence-electron chi connectivity index (χ4n) is 2.04. The van der Waals surface area contributed by atoms with E-state index in [0.29, 0.717) is 11.4 Å². The van der Waals surface area contributed by atoms with Gasteiger partial charge in [-0.1, -0.05) is 30.7 Å². The lowest BCUT2D eigenvalue weighted by Gasteiger charge is -2.25. The molecule has 1 rings (SSSR count). The molecule has 0 saturated heterocycles. The molecule has 120 valence electrons. The Balaban J connectivity index is 2.84. The quantitative estimate of drug-likeness (QED) is 0.829. The van der Waals surface area contributed by atoms with E-state index in [1.807, 2.05) is 24.3 Å². The Morgan fingerprint density at radius 2 is 1.95 bits per heavy atom. The highest BCUT2D eigenvalue weighted by atomic mass is 35.5. The molecule has 0 radical (unpaired) electrons. The second-order valence-electron chi connectivity index (χ2n) is 6.41. The van der Waals surface area contributed by atoms with E-state index >= 15 is 0 Å². The van der Waals surface area contributed by atoms with Crippen LogP contribution in [0.2, 0.25) is 5.02 Å². The van der Waals surface area contributed by atoms with Crippen molar-refractivity contribution in [1.29, 1.82) is 0 Å². The highest BCUT2D eigenvalue weighted by Gasteiger charge is 2.19. The number of rotatable bonds is 7. The van der Waals surface area contributed by atoms with Crippen LogP contribution in [0, 0.1) is 0 Å². The molecule has 0 amide bonds.